The van der Waals surface area contributed by atoms with E-state index in [1.165, 1.54) is 6.33 Å². The molecule has 0 saturated carbocycles. The smallest absolute Gasteiger partial charge is 0.159 e. The summed E-state index contributed by atoms with van der Waals surface area (Å²) in [6, 6.07) is 0. The molecule has 1 aromatic rings. The molecule has 64 valence electrons. The summed E-state index contributed by atoms with van der Waals surface area (Å²) in [6.45, 7) is 3.78. The van der Waals surface area contributed by atoms with Gasteiger partial charge in [-0.05, 0) is 6.92 Å². The van der Waals surface area contributed by atoms with Gasteiger partial charge in [0.15, 0.2) is 11.6 Å². The molecular weight excluding hydrogens is 154 g/mol. The van der Waals surface area contributed by atoms with Gasteiger partial charge in [-0.25, -0.2) is 9.97 Å². The number of rotatable bonds is 1. The van der Waals surface area contributed by atoms with Gasteiger partial charge in [-0.3, -0.25) is 0 Å². The van der Waals surface area contributed by atoms with Gasteiger partial charge < -0.3 is 16.0 Å². The molecule has 0 bridgehead atoms. The van der Waals surface area contributed by atoms with Crippen LogP contribution in [0.25, 0.3) is 0 Å². The topological polar surface area (TPSA) is 67.1 Å². The number of hydrogen-bond donors (Lipinski definition) is 2. The minimum absolute atomic E-state index is 0.524. The van der Waals surface area contributed by atoms with Crippen molar-refractivity contribution in [3.63, 3.8) is 0 Å². The van der Waals surface area contributed by atoms with Crippen molar-refractivity contribution in [3.8, 4) is 0 Å². The predicted octanol–water partition coefficient (Wildman–Crippen LogP) is 0.268. The average Bonchev–Trinajstić information content (AvgIpc) is 2.49. The first-order chi connectivity index (χ1) is 5.83. The van der Waals surface area contributed by atoms with E-state index in [1.54, 1.807) is 0 Å². The molecule has 0 radical (unpaired) electrons. The summed E-state index contributed by atoms with van der Waals surface area (Å²) in [5.41, 5.74) is 6.51. The Balaban J connectivity index is 2.46. The second-order valence-corrected chi connectivity index (χ2v) is 2.65. The fourth-order valence-electron chi connectivity index (χ4n) is 1.31. The van der Waals surface area contributed by atoms with Crippen molar-refractivity contribution in [2.45, 2.75) is 6.92 Å². The molecule has 0 spiro atoms. The molecular formula is C7H11N5. The van der Waals surface area contributed by atoms with Gasteiger partial charge in [0.25, 0.3) is 0 Å². The summed E-state index contributed by atoms with van der Waals surface area (Å²) in [7, 11) is 0. The normalized spacial score (nSPS) is 14.2. The Labute approximate surface area is 70.6 Å². The minimum Gasteiger partial charge on any atom is -0.382 e. The van der Waals surface area contributed by atoms with E-state index >= 15 is 0 Å². The number of aromatic nitrogens is 2. The number of nitrogens with zero attached hydrogens (tertiary/aromatic N) is 3. The lowest BCUT2D eigenvalue weighted by molar-refractivity contribution is 0.891. The lowest BCUT2D eigenvalue weighted by Crippen LogP contribution is -2.22. The third-order valence-electron chi connectivity index (χ3n) is 1.98. The van der Waals surface area contributed by atoms with E-state index in [0.717, 1.165) is 24.7 Å². The van der Waals surface area contributed by atoms with Gasteiger partial charge in [-0.15, -0.1) is 0 Å². The molecule has 12 heavy (non-hydrogen) atoms. The zero-order valence-corrected chi connectivity index (χ0v) is 6.91. The van der Waals surface area contributed by atoms with Crippen molar-refractivity contribution in [1.82, 2.24) is 9.97 Å². The van der Waals surface area contributed by atoms with Crippen LogP contribution in [0.15, 0.2) is 6.33 Å². The van der Waals surface area contributed by atoms with Crippen molar-refractivity contribution < 1.29 is 0 Å². The van der Waals surface area contributed by atoms with Gasteiger partial charge in [0.1, 0.15) is 12.0 Å². The second kappa shape index (κ2) is 2.51. The van der Waals surface area contributed by atoms with Crippen LogP contribution in [-0.4, -0.2) is 23.2 Å². The number of nitrogen functional groups attached to an aromatic ring is 1. The van der Waals surface area contributed by atoms with E-state index in [0.29, 0.717) is 5.82 Å². The van der Waals surface area contributed by atoms with E-state index in [4.69, 9.17) is 5.73 Å². The molecule has 1 aliphatic rings. The van der Waals surface area contributed by atoms with Crippen molar-refractivity contribution in [2.75, 3.05) is 29.2 Å². The van der Waals surface area contributed by atoms with Gasteiger partial charge in [0.05, 0.1) is 6.67 Å². The second-order valence-electron chi connectivity index (χ2n) is 2.65. The Morgan fingerprint density at radius 1 is 1.67 bits per heavy atom. The van der Waals surface area contributed by atoms with Crippen LogP contribution in [-0.2, 0) is 0 Å². The molecule has 0 unspecified atom stereocenters. The largest absolute Gasteiger partial charge is 0.382 e. The maximum Gasteiger partial charge on any atom is 0.159 e. The third-order valence-corrected chi connectivity index (χ3v) is 1.98. The van der Waals surface area contributed by atoms with Crippen molar-refractivity contribution in [3.05, 3.63) is 6.33 Å². The molecule has 1 aromatic heterocycles. The predicted molar refractivity (Wildman–Crippen MR) is 48.0 cm³/mol. The Morgan fingerprint density at radius 3 is 3.25 bits per heavy atom. The summed E-state index contributed by atoms with van der Waals surface area (Å²) >= 11 is 0. The van der Waals surface area contributed by atoms with Gasteiger partial charge >= 0.3 is 0 Å². The van der Waals surface area contributed by atoms with Crippen LogP contribution in [0.2, 0.25) is 0 Å². The Hall–Kier alpha value is -1.52. The van der Waals surface area contributed by atoms with E-state index < -0.39 is 0 Å². The van der Waals surface area contributed by atoms with E-state index in [9.17, 15) is 0 Å². The van der Waals surface area contributed by atoms with E-state index in [2.05, 4.69) is 27.1 Å². The molecule has 0 aliphatic carbocycles. The molecule has 0 amide bonds. The first-order valence-corrected chi connectivity index (χ1v) is 3.92. The zero-order chi connectivity index (χ0) is 8.55. The highest BCUT2D eigenvalue weighted by molar-refractivity contribution is 5.79. The lowest BCUT2D eigenvalue weighted by atomic mass is 10.4. The minimum atomic E-state index is 0.524. The Kier molecular flexibility index (Phi) is 1.49. The third kappa shape index (κ3) is 0.861. The fraction of sp³-hybridized carbons (Fsp3) is 0.429. The molecule has 0 saturated heterocycles. The molecule has 0 aromatic carbocycles. The van der Waals surface area contributed by atoms with Crippen molar-refractivity contribution >= 4 is 17.3 Å². The summed E-state index contributed by atoms with van der Waals surface area (Å²) in [5, 5.41) is 3.15. The quantitative estimate of drug-likeness (QED) is 0.625. The molecule has 2 heterocycles. The summed E-state index contributed by atoms with van der Waals surface area (Å²) in [5.74, 6) is 1.43. The first-order valence-electron chi connectivity index (χ1n) is 3.92. The average molecular weight is 165 g/mol. The van der Waals surface area contributed by atoms with Crippen molar-refractivity contribution in [2.24, 2.45) is 0 Å². The number of anilines is 3. The highest BCUT2D eigenvalue weighted by atomic mass is 15.3. The molecule has 3 N–H and O–H groups in total. The zero-order valence-electron chi connectivity index (χ0n) is 6.91. The van der Waals surface area contributed by atoms with Gasteiger partial charge in [0.2, 0.25) is 0 Å². The van der Waals surface area contributed by atoms with Gasteiger partial charge in [0, 0.05) is 6.54 Å². The summed E-state index contributed by atoms with van der Waals surface area (Å²) in [6.07, 6.45) is 1.49. The molecule has 0 atom stereocenters. The molecule has 1 aliphatic heterocycles. The standard InChI is InChI=1S/C7H11N5/c1-2-12-4-11-5-6(8)9-3-10-7(5)12/h3,11H,2,4H2,1H3,(H2,8,9,10). The number of hydrogen-bond acceptors (Lipinski definition) is 5. The highest BCUT2D eigenvalue weighted by Crippen LogP contribution is 2.31. The maximum atomic E-state index is 5.65. The van der Waals surface area contributed by atoms with Gasteiger partial charge in [-0.1, -0.05) is 0 Å². The SMILES string of the molecule is CCN1CNc2c(N)ncnc21. The van der Waals surface area contributed by atoms with Crippen LogP contribution in [0.4, 0.5) is 17.3 Å². The molecule has 2 rings (SSSR count). The van der Waals surface area contributed by atoms with Gasteiger partial charge in [-0.2, -0.15) is 0 Å². The number of nitrogens with one attached hydrogen (secondary N) is 1. The lowest BCUT2D eigenvalue weighted by Gasteiger charge is -2.12. The molecule has 5 nitrogen and oxygen atoms in total. The Morgan fingerprint density at radius 2 is 2.50 bits per heavy atom. The highest BCUT2D eigenvalue weighted by Gasteiger charge is 2.20. The first kappa shape index (κ1) is 7.15. The molecule has 5 heteroatoms. The van der Waals surface area contributed by atoms with E-state index in [1.807, 2.05) is 0 Å². The fourth-order valence-corrected chi connectivity index (χ4v) is 1.31. The Bertz CT molecular complexity index is 298. The van der Waals surface area contributed by atoms with E-state index in [-0.39, 0.29) is 0 Å². The van der Waals surface area contributed by atoms with Crippen molar-refractivity contribution in [1.29, 1.82) is 0 Å². The summed E-state index contributed by atoms with van der Waals surface area (Å²) in [4.78, 5) is 10.1. The van der Waals surface area contributed by atoms with Crippen LogP contribution in [0, 0.1) is 0 Å². The maximum absolute atomic E-state index is 5.65. The van der Waals surface area contributed by atoms with Crippen LogP contribution < -0.4 is 16.0 Å². The van der Waals surface area contributed by atoms with Crippen LogP contribution in [0.5, 0.6) is 0 Å². The summed E-state index contributed by atoms with van der Waals surface area (Å²) < 4.78 is 0. The number of nitrogens with two attached hydrogens (primary N) is 1. The molecule has 0 fully saturated rings. The van der Waals surface area contributed by atoms with Crippen LogP contribution in [0.1, 0.15) is 6.92 Å². The van der Waals surface area contributed by atoms with Crippen LogP contribution >= 0.6 is 0 Å². The van der Waals surface area contributed by atoms with Crippen LogP contribution in [0.3, 0.4) is 0 Å². The number of fused-ring (bicyclic) bond motifs is 1. The monoisotopic (exact) mass is 165 g/mol.